The van der Waals surface area contributed by atoms with Crippen molar-refractivity contribution in [3.05, 3.63) is 0 Å². The standard InChI is InChI=1S/C10H21N3O/c1-3-6-13-8(2)7-12-10(14)9(13)4-5-11/h8-9H,3-7,11H2,1-2H3,(H,12,14). The molecule has 0 aromatic heterocycles. The zero-order valence-corrected chi connectivity index (χ0v) is 9.12. The van der Waals surface area contributed by atoms with E-state index < -0.39 is 0 Å². The summed E-state index contributed by atoms with van der Waals surface area (Å²) in [5.41, 5.74) is 5.52. The molecule has 4 heteroatoms. The van der Waals surface area contributed by atoms with Crippen molar-refractivity contribution in [3.63, 3.8) is 0 Å². The number of hydrogen-bond acceptors (Lipinski definition) is 3. The molecule has 0 radical (unpaired) electrons. The second kappa shape index (κ2) is 5.32. The van der Waals surface area contributed by atoms with Crippen LogP contribution in [-0.2, 0) is 4.79 Å². The quantitative estimate of drug-likeness (QED) is 0.666. The first kappa shape index (κ1) is 11.5. The molecule has 0 aromatic rings. The lowest BCUT2D eigenvalue weighted by Crippen LogP contribution is -2.60. The molecule has 0 spiro atoms. The van der Waals surface area contributed by atoms with E-state index >= 15 is 0 Å². The Labute approximate surface area is 85.8 Å². The fourth-order valence-corrected chi connectivity index (χ4v) is 2.03. The van der Waals surface area contributed by atoms with Crippen molar-refractivity contribution >= 4 is 5.91 Å². The molecule has 1 saturated heterocycles. The third-order valence-electron chi connectivity index (χ3n) is 2.76. The van der Waals surface area contributed by atoms with Gasteiger partial charge in [0.2, 0.25) is 5.91 Å². The third-order valence-corrected chi connectivity index (χ3v) is 2.76. The predicted octanol–water partition coefficient (Wildman–Crippen LogP) is -0.0659. The van der Waals surface area contributed by atoms with Crippen molar-refractivity contribution in [2.24, 2.45) is 5.73 Å². The van der Waals surface area contributed by atoms with Gasteiger partial charge in [-0.25, -0.2) is 0 Å². The first-order valence-electron chi connectivity index (χ1n) is 5.44. The van der Waals surface area contributed by atoms with Gasteiger partial charge in [-0.05, 0) is 32.9 Å². The molecule has 2 atom stereocenters. The zero-order chi connectivity index (χ0) is 10.6. The SMILES string of the molecule is CCCN1C(C)CNC(=O)C1CCN. The highest BCUT2D eigenvalue weighted by Crippen LogP contribution is 2.13. The lowest BCUT2D eigenvalue weighted by molar-refractivity contribution is -0.131. The minimum Gasteiger partial charge on any atom is -0.353 e. The van der Waals surface area contributed by atoms with Crippen LogP contribution in [0.5, 0.6) is 0 Å². The Kier molecular flexibility index (Phi) is 4.35. The molecule has 3 N–H and O–H groups in total. The molecule has 82 valence electrons. The fraction of sp³-hybridized carbons (Fsp3) is 0.900. The van der Waals surface area contributed by atoms with E-state index in [9.17, 15) is 4.79 Å². The van der Waals surface area contributed by atoms with E-state index in [2.05, 4.69) is 24.1 Å². The Bertz CT molecular complexity index is 196. The van der Waals surface area contributed by atoms with Crippen molar-refractivity contribution < 1.29 is 4.79 Å². The van der Waals surface area contributed by atoms with E-state index in [0.717, 1.165) is 25.9 Å². The van der Waals surface area contributed by atoms with E-state index in [1.165, 1.54) is 0 Å². The van der Waals surface area contributed by atoms with Gasteiger partial charge in [-0.15, -0.1) is 0 Å². The molecule has 1 heterocycles. The number of nitrogens with one attached hydrogen (secondary N) is 1. The maximum atomic E-state index is 11.6. The molecule has 0 aliphatic carbocycles. The highest BCUT2D eigenvalue weighted by molar-refractivity contribution is 5.82. The normalized spacial score (nSPS) is 28.9. The Morgan fingerprint density at radius 3 is 2.93 bits per heavy atom. The number of piperazine rings is 1. The number of hydrogen-bond donors (Lipinski definition) is 2. The summed E-state index contributed by atoms with van der Waals surface area (Å²) >= 11 is 0. The van der Waals surface area contributed by atoms with E-state index in [4.69, 9.17) is 5.73 Å². The molecular weight excluding hydrogens is 178 g/mol. The van der Waals surface area contributed by atoms with Gasteiger partial charge in [0, 0.05) is 12.6 Å². The summed E-state index contributed by atoms with van der Waals surface area (Å²) < 4.78 is 0. The highest BCUT2D eigenvalue weighted by atomic mass is 16.2. The first-order chi connectivity index (χ1) is 6.70. The molecule has 2 unspecified atom stereocenters. The minimum absolute atomic E-state index is 0.0105. The second-order valence-corrected chi connectivity index (χ2v) is 3.93. The maximum Gasteiger partial charge on any atom is 0.237 e. The van der Waals surface area contributed by atoms with Crippen molar-refractivity contribution in [3.8, 4) is 0 Å². The van der Waals surface area contributed by atoms with Crippen LogP contribution in [0.25, 0.3) is 0 Å². The molecule has 1 rings (SSSR count). The van der Waals surface area contributed by atoms with Crippen LogP contribution in [0.3, 0.4) is 0 Å². The third kappa shape index (κ3) is 2.45. The molecule has 0 bridgehead atoms. The molecular formula is C10H21N3O. The van der Waals surface area contributed by atoms with Gasteiger partial charge < -0.3 is 11.1 Å². The fourth-order valence-electron chi connectivity index (χ4n) is 2.03. The van der Waals surface area contributed by atoms with Gasteiger partial charge in [-0.2, -0.15) is 0 Å². The topological polar surface area (TPSA) is 58.4 Å². The monoisotopic (exact) mass is 199 g/mol. The lowest BCUT2D eigenvalue weighted by Gasteiger charge is -2.39. The summed E-state index contributed by atoms with van der Waals surface area (Å²) in [6, 6.07) is 0.424. The minimum atomic E-state index is -0.0105. The van der Waals surface area contributed by atoms with Crippen LogP contribution in [0, 0.1) is 0 Å². The predicted molar refractivity (Wildman–Crippen MR) is 56.9 cm³/mol. The van der Waals surface area contributed by atoms with Gasteiger partial charge >= 0.3 is 0 Å². The molecule has 0 saturated carbocycles. The van der Waals surface area contributed by atoms with Gasteiger partial charge in [0.1, 0.15) is 0 Å². The van der Waals surface area contributed by atoms with Gasteiger partial charge in [-0.3, -0.25) is 9.69 Å². The van der Waals surface area contributed by atoms with E-state index in [0.29, 0.717) is 12.6 Å². The zero-order valence-electron chi connectivity index (χ0n) is 9.12. The van der Waals surface area contributed by atoms with Crippen molar-refractivity contribution in [1.82, 2.24) is 10.2 Å². The Morgan fingerprint density at radius 1 is 1.64 bits per heavy atom. The van der Waals surface area contributed by atoms with Crippen LogP contribution in [0.15, 0.2) is 0 Å². The molecule has 14 heavy (non-hydrogen) atoms. The number of carbonyl (C=O) groups excluding carboxylic acids is 1. The average Bonchev–Trinajstić information content (AvgIpc) is 2.17. The van der Waals surface area contributed by atoms with Crippen LogP contribution in [0.4, 0.5) is 0 Å². The summed E-state index contributed by atoms with van der Waals surface area (Å²) in [5.74, 6) is 0.141. The average molecular weight is 199 g/mol. The van der Waals surface area contributed by atoms with Gasteiger partial charge in [-0.1, -0.05) is 6.92 Å². The van der Waals surface area contributed by atoms with Crippen LogP contribution in [-0.4, -0.2) is 42.5 Å². The smallest absolute Gasteiger partial charge is 0.237 e. The highest BCUT2D eigenvalue weighted by Gasteiger charge is 2.32. The number of nitrogens with zero attached hydrogens (tertiary/aromatic N) is 1. The Hall–Kier alpha value is -0.610. The van der Waals surface area contributed by atoms with Gasteiger partial charge in [0.15, 0.2) is 0 Å². The van der Waals surface area contributed by atoms with Gasteiger partial charge in [0.25, 0.3) is 0 Å². The summed E-state index contributed by atoms with van der Waals surface area (Å²) in [7, 11) is 0. The van der Waals surface area contributed by atoms with Crippen molar-refractivity contribution in [2.75, 3.05) is 19.6 Å². The summed E-state index contributed by atoms with van der Waals surface area (Å²) in [5, 5.41) is 2.92. The van der Waals surface area contributed by atoms with E-state index in [1.807, 2.05) is 0 Å². The van der Waals surface area contributed by atoms with Crippen LogP contribution < -0.4 is 11.1 Å². The van der Waals surface area contributed by atoms with Crippen molar-refractivity contribution in [1.29, 1.82) is 0 Å². The number of nitrogens with two attached hydrogens (primary N) is 1. The molecule has 1 aliphatic heterocycles. The summed E-state index contributed by atoms with van der Waals surface area (Å²) in [6.07, 6.45) is 1.84. The van der Waals surface area contributed by atoms with Crippen LogP contribution in [0.2, 0.25) is 0 Å². The number of rotatable bonds is 4. The molecule has 1 amide bonds. The van der Waals surface area contributed by atoms with Crippen LogP contribution >= 0.6 is 0 Å². The number of carbonyl (C=O) groups is 1. The van der Waals surface area contributed by atoms with E-state index in [1.54, 1.807) is 0 Å². The number of amides is 1. The second-order valence-electron chi connectivity index (χ2n) is 3.93. The maximum absolute atomic E-state index is 11.6. The van der Waals surface area contributed by atoms with Gasteiger partial charge in [0.05, 0.1) is 6.04 Å². The molecule has 1 fully saturated rings. The van der Waals surface area contributed by atoms with Crippen LogP contribution in [0.1, 0.15) is 26.7 Å². The Morgan fingerprint density at radius 2 is 2.36 bits per heavy atom. The Balaban J connectivity index is 2.64. The largest absolute Gasteiger partial charge is 0.353 e. The molecule has 0 aromatic carbocycles. The van der Waals surface area contributed by atoms with E-state index in [-0.39, 0.29) is 11.9 Å². The summed E-state index contributed by atoms with van der Waals surface area (Å²) in [4.78, 5) is 13.9. The molecule has 4 nitrogen and oxygen atoms in total. The lowest BCUT2D eigenvalue weighted by atomic mass is 10.0. The summed E-state index contributed by atoms with van der Waals surface area (Å²) in [6.45, 7) is 6.61. The van der Waals surface area contributed by atoms with Crippen molar-refractivity contribution in [2.45, 2.75) is 38.8 Å². The molecule has 1 aliphatic rings. The first-order valence-corrected chi connectivity index (χ1v) is 5.44.